The van der Waals surface area contributed by atoms with Gasteiger partial charge in [0.2, 0.25) is 0 Å². The molecule has 0 aliphatic rings. The number of hydrogen-bond acceptors (Lipinski definition) is 2. The largest absolute Gasteiger partial charge is 0.313 e. The molecule has 0 amide bonds. The van der Waals surface area contributed by atoms with Gasteiger partial charge in [-0.15, -0.1) is 0 Å². The van der Waals surface area contributed by atoms with E-state index < -0.39 is 0 Å². The van der Waals surface area contributed by atoms with Gasteiger partial charge in [-0.2, -0.15) is 11.8 Å². The molecule has 1 atom stereocenters. The first-order chi connectivity index (χ1) is 6.95. The molecule has 1 N–H and O–H groups in total. The zero-order valence-corrected chi connectivity index (χ0v) is 12.2. The average Bonchev–Trinajstić information content (AvgIpc) is 2.11. The molecule has 0 saturated heterocycles. The van der Waals surface area contributed by atoms with Gasteiger partial charge in [-0.05, 0) is 30.9 Å². The molecule has 0 aromatic rings. The molecule has 0 aliphatic heterocycles. The summed E-state index contributed by atoms with van der Waals surface area (Å²) in [6, 6.07) is 0.708. The summed E-state index contributed by atoms with van der Waals surface area (Å²) in [5.74, 6) is 1.59. The Bertz CT molecular complexity index is 135. The zero-order chi connectivity index (χ0) is 11.8. The van der Waals surface area contributed by atoms with Crippen LogP contribution in [-0.4, -0.2) is 24.1 Å². The van der Waals surface area contributed by atoms with Gasteiger partial charge >= 0.3 is 0 Å². The lowest BCUT2D eigenvalue weighted by atomic mass is 9.95. The second kappa shape index (κ2) is 8.46. The maximum Gasteiger partial charge on any atom is 0.0141 e. The van der Waals surface area contributed by atoms with E-state index in [0.29, 0.717) is 6.04 Å². The first-order valence-corrected chi connectivity index (χ1v) is 7.50. The van der Waals surface area contributed by atoms with Gasteiger partial charge in [0.1, 0.15) is 0 Å². The van der Waals surface area contributed by atoms with E-state index in [1.807, 2.05) is 11.8 Å². The number of nitrogens with one attached hydrogen (secondary N) is 1. The van der Waals surface area contributed by atoms with Crippen LogP contribution in [0.5, 0.6) is 0 Å². The van der Waals surface area contributed by atoms with Gasteiger partial charge in [-0.3, -0.25) is 0 Å². The fourth-order valence-corrected chi connectivity index (χ4v) is 2.08. The van der Waals surface area contributed by atoms with Crippen LogP contribution in [0.15, 0.2) is 0 Å². The lowest BCUT2D eigenvalue weighted by Gasteiger charge is -2.24. The zero-order valence-electron chi connectivity index (χ0n) is 11.3. The van der Waals surface area contributed by atoms with E-state index >= 15 is 0 Å². The van der Waals surface area contributed by atoms with Gasteiger partial charge in [-0.25, -0.2) is 0 Å². The summed E-state index contributed by atoms with van der Waals surface area (Å²) in [5.41, 5.74) is 0. The fraction of sp³-hybridized carbons (Fsp3) is 1.00. The van der Waals surface area contributed by atoms with Crippen LogP contribution in [0, 0.1) is 11.8 Å². The summed E-state index contributed by atoms with van der Waals surface area (Å²) in [6.45, 7) is 12.7. The highest BCUT2D eigenvalue weighted by atomic mass is 32.2. The van der Waals surface area contributed by atoms with Crippen LogP contribution in [0.3, 0.4) is 0 Å². The van der Waals surface area contributed by atoms with Gasteiger partial charge in [0.25, 0.3) is 0 Å². The molecular weight excluding hydrogens is 202 g/mol. The topological polar surface area (TPSA) is 12.0 Å². The lowest BCUT2D eigenvalue weighted by molar-refractivity contribution is 0.361. The van der Waals surface area contributed by atoms with Gasteiger partial charge in [0, 0.05) is 17.8 Å². The van der Waals surface area contributed by atoms with Crippen LogP contribution >= 0.6 is 11.8 Å². The Morgan fingerprint density at radius 1 is 0.933 bits per heavy atom. The van der Waals surface area contributed by atoms with Gasteiger partial charge in [0.05, 0.1) is 0 Å². The SMILES string of the molecule is CSC(C)CNC(CC(C)C)CC(C)C. The second-order valence-electron chi connectivity index (χ2n) is 5.41. The van der Waals surface area contributed by atoms with Crippen molar-refractivity contribution in [3.05, 3.63) is 0 Å². The molecule has 0 bridgehead atoms. The van der Waals surface area contributed by atoms with Gasteiger partial charge in [0.15, 0.2) is 0 Å². The number of rotatable bonds is 8. The second-order valence-corrected chi connectivity index (χ2v) is 6.69. The van der Waals surface area contributed by atoms with E-state index in [1.54, 1.807) is 0 Å². The van der Waals surface area contributed by atoms with Crippen molar-refractivity contribution in [2.24, 2.45) is 11.8 Å². The predicted molar refractivity (Wildman–Crippen MR) is 73.7 cm³/mol. The molecule has 0 aliphatic carbocycles. The van der Waals surface area contributed by atoms with Crippen molar-refractivity contribution in [3.8, 4) is 0 Å². The highest BCUT2D eigenvalue weighted by molar-refractivity contribution is 7.99. The fourth-order valence-electron chi connectivity index (χ4n) is 1.82. The molecular formula is C13H29NS. The van der Waals surface area contributed by atoms with Crippen molar-refractivity contribution in [1.29, 1.82) is 0 Å². The minimum absolute atomic E-state index is 0.708. The Labute approximate surface area is 101 Å². The summed E-state index contributed by atoms with van der Waals surface area (Å²) in [6.07, 6.45) is 4.80. The number of thioether (sulfide) groups is 1. The predicted octanol–water partition coefficient (Wildman–Crippen LogP) is 3.79. The van der Waals surface area contributed by atoms with E-state index in [4.69, 9.17) is 0 Å². The molecule has 0 heterocycles. The summed E-state index contributed by atoms with van der Waals surface area (Å²) >= 11 is 1.94. The highest BCUT2D eigenvalue weighted by Gasteiger charge is 2.13. The molecule has 0 aromatic carbocycles. The Morgan fingerprint density at radius 2 is 1.40 bits per heavy atom. The minimum atomic E-state index is 0.708. The maximum absolute atomic E-state index is 3.71. The van der Waals surface area contributed by atoms with Crippen molar-refractivity contribution in [1.82, 2.24) is 5.32 Å². The van der Waals surface area contributed by atoms with Crippen LogP contribution in [0.1, 0.15) is 47.5 Å². The highest BCUT2D eigenvalue weighted by Crippen LogP contribution is 2.14. The molecule has 0 saturated carbocycles. The molecule has 0 aromatic heterocycles. The van der Waals surface area contributed by atoms with Crippen molar-refractivity contribution in [3.63, 3.8) is 0 Å². The van der Waals surface area contributed by atoms with E-state index in [9.17, 15) is 0 Å². The third-order valence-electron chi connectivity index (χ3n) is 2.61. The minimum Gasteiger partial charge on any atom is -0.313 e. The average molecular weight is 231 g/mol. The molecule has 92 valence electrons. The quantitative estimate of drug-likeness (QED) is 0.682. The Kier molecular flexibility index (Phi) is 8.64. The summed E-state index contributed by atoms with van der Waals surface area (Å²) in [4.78, 5) is 0. The first-order valence-electron chi connectivity index (χ1n) is 6.21. The summed E-state index contributed by atoms with van der Waals surface area (Å²) in [5, 5.41) is 4.44. The third kappa shape index (κ3) is 9.25. The lowest BCUT2D eigenvalue weighted by Crippen LogP contribution is -2.35. The van der Waals surface area contributed by atoms with Crippen molar-refractivity contribution in [2.75, 3.05) is 12.8 Å². The van der Waals surface area contributed by atoms with Crippen LogP contribution in [0.25, 0.3) is 0 Å². The van der Waals surface area contributed by atoms with Crippen LogP contribution < -0.4 is 5.32 Å². The van der Waals surface area contributed by atoms with Crippen molar-refractivity contribution < 1.29 is 0 Å². The van der Waals surface area contributed by atoms with Gasteiger partial charge in [-0.1, -0.05) is 34.6 Å². The Hall–Kier alpha value is 0.310. The molecule has 0 rings (SSSR count). The van der Waals surface area contributed by atoms with E-state index in [0.717, 1.165) is 23.6 Å². The molecule has 0 spiro atoms. The van der Waals surface area contributed by atoms with Crippen LogP contribution in [-0.2, 0) is 0 Å². The first kappa shape index (κ1) is 15.3. The van der Waals surface area contributed by atoms with E-state index in [2.05, 4.69) is 46.2 Å². The monoisotopic (exact) mass is 231 g/mol. The Morgan fingerprint density at radius 3 is 1.73 bits per heavy atom. The summed E-state index contributed by atoms with van der Waals surface area (Å²) < 4.78 is 0. The van der Waals surface area contributed by atoms with Crippen LogP contribution in [0.2, 0.25) is 0 Å². The molecule has 2 heteroatoms. The normalized spacial score (nSPS) is 14.2. The van der Waals surface area contributed by atoms with Crippen molar-refractivity contribution >= 4 is 11.8 Å². The molecule has 0 fully saturated rings. The third-order valence-corrected chi connectivity index (χ3v) is 3.58. The molecule has 1 nitrogen and oxygen atoms in total. The smallest absolute Gasteiger partial charge is 0.0141 e. The van der Waals surface area contributed by atoms with Crippen LogP contribution in [0.4, 0.5) is 0 Å². The number of hydrogen-bond donors (Lipinski definition) is 1. The molecule has 15 heavy (non-hydrogen) atoms. The molecule has 0 radical (unpaired) electrons. The molecule has 1 unspecified atom stereocenters. The maximum atomic E-state index is 3.71. The van der Waals surface area contributed by atoms with E-state index in [1.165, 1.54) is 12.8 Å². The summed E-state index contributed by atoms with van der Waals surface area (Å²) in [7, 11) is 0. The van der Waals surface area contributed by atoms with E-state index in [-0.39, 0.29) is 0 Å². The van der Waals surface area contributed by atoms with Crippen molar-refractivity contribution in [2.45, 2.75) is 58.8 Å². The standard InChI is InChI=1S/C13H29NS/c1-10(2)7-13(8-11(3)4)14-9-12(5)15-6/h10-14H,7-9H2,1-6H3. The van der Waals surface area contributed by atoms with Gasteiger partial charge < -0.3 is 5.32 Å². The Balaban J connectivity index is 3.89.